The summed E-state index contributed by atoms with van der Waals surface area (Å²) in [5.74, 6) is 0.675. The molecule has 0 radical (unpaired) electrons. The van der Waals surface area contributed by atoms with Gasteiger partial charge >= 0.3 is 0 Å². The second kappa shape index (κ2) is 7.66. The molecule has 5 nitrogen and oxygen atoms in total. The molecule has 25 heavy (non-hydrogen) atoms. The molecule has 1 fully saturated rings. The van der Waals surface area contributed by atoms with Crippen LogP contribution in [0.2, 0.25) is 0 Å². The summed E-state index contributed by atoms with van der Waals surface area (Å²) in [4.78, 5) is 18.7. The summed E-state index contributed by atoms with van der Waals surface area (Å²) in [6.07, 6.45) is 1.86. The number of hydrogen-bond donors (Lipinski definition) is 1. The lowest BCUT2D eigenvalue weighted by atomic mass is 9.96. The molecule has 0 bridgehead atoms. The second-order valence-corrected chi connectivity index (χ2v) is 6.64. The maximum absolute atomic E-state index is 12.6. The molecule has 1 aliphatic rings. The summed E-state index contributed by atoms with van der Waals surface area (Å²) in [5, 5.41) is 10.8. The van der Waals surface area contributed by atoms with Crippen molar-refractivity contribution in [3.63, 3.8) is 0 Å². The lowest BCUT2D eigenvalue weighted by molar-refractivity contribution is -0.0163. The van der Waals surface area contributed by atoms with Crippen LogP contribution in [0.5, 0.6) is 5.75 Å². The van der Waals surface area contributed by atoms with E-state index in [4.69, 9.17) is 4.74 Å². The topological polar surface area (TPSA) is 62.7 Å². The fraction of sp³-hybridized carbons (Fsp3) is 0.400. The molecule has 0 aliphatic carbocycles. The van der Waals surface area contributed by atoms with Crippen LogP contribution in [0.25, 0.3) is 0 Å². The van der Waals surface area contributed by atoms with Crippen LogP contribution in [0, 0.1) is 6.92 Å². The molecule has 0 saturated carbocycles. The van der Waals surface area contributed by atoms with Gasteiger partial charge in [-0.2, -0.15) is 0 Å². The van der Waals surface area contributed by atoms with Crippen LogP contribution in [0.1, 0.15) is 35.4 Å². The number of carbonyl (C=O) groups excluding carboxylic acids is 1. The van der Waals surface area contributed by atoms with Gasteiger partial charge in [0.25, 0.3) is 5.91 Å². The third-order valence-corrected chi connectivity index (χ3v) is 4.56. The van der Waals surface area contributed by atoms with Gasteiger partial charge in [0.15, 0.2) is 0 Å². The number of nitrogens with zero attached hydrogens (tertiary/aromatic N) is 2. The molecule has 3 rings (SSSR count). The van der Waals surface area contributed by atoms with E-state index in [1.807, 2.05) is 49.4 Å². The Morgan fingerprint density at radius 2 is 1.96 bits per heavy atom. The molecule has 5 heteroatoms. The van der Waals surface area contributed by atoms with E-state index in [9.17, 15) is 9.90 Å². The van der Waals surface area contributed by atoms with Crippen molar-refractivity contribution >= 4 is 5.91 Å². The smallest absolute Gasteiger partial charge is 0.272 e. The van der Waals surface area contributed by atoms with Crippen LogP contribution in [-0.2, 0) is 0 Å². The van der Waals surface area contributed by atoms with Crippen molar-refractivity contribution in [3.8, 4) is 5.75 Å². The molecule has 1 unspecified atom stereocenters. The Hall–Kier alpha value is -2.40. The van der Waals surface area contributed by atoms with E-state index in [-0.39, 0.29) is 12.5 Å². The second-order valence-electron chi connectivity index (χ2n) is 6.64. The lowest BCUT2D eigenvalue weighted by Crippen LogP contribution is -2.38. The summed E-state index contributed by atoms with van der Waals surface area (Å²) in [6.45, 7) is 3.24. The first-order chi connectivity index (χ1) is 12.1. The predicted molar refractivity (Wildman–Crippen MR) is 95.6 cm³/mol. The molecule has 1 N–H and O–H groups in total. The number of rotatable bonds is 4. The Labute approximate surface area is 148 Å². The van der Waals surface area contributed by atoms with E-state index in [2.05, 4.69) is 4.98 Å². The summed E-state index contributed by atoms with van der Waals surface area (Å²) >= 11 is 0. The number of benzene rings is 1. The Morgan fingerprint density at radius 3 is 2.72 bits per heavy atom. The minimum absolute atomic E-state index is 0.0723. The molecule has 2 aromatic rings. The number of aliphatic hydroxyl groups is 1. The van der Waals surface area contributed by atoms with Gasteiger partial charge in [-0.25, -0.2) is 4.98 Å². The van der Waals surface area contributed by atoms with Crippen molar-refractivity contribution in [1.82, 2.24) is 9.88 Å². The average Bonchev–Trinajstić information content (AvgIpc) is 2.83. The van der Waals surface area contributed by atoms with E-state index in [0.29, 0.717) is 31.6 Å². The van der Waals surface area contributed by atoms with Gasteiger partial charge in [-0.1, -0.05) is 24.3 Å². The number of carbonyl (C=O) groups is 1. The molecule has 1 saturated heterocycles. The third kappa shape index (κ3) is 4.57. The van der Waals surface area contributed by atoms with Gasteiger partial charge in [0.05, 0.1) is 0 Å². The van der Waals surface area contributed by atoms with E-state index in [1.54, 1.807) is 11.0 Å². The molecule has 1 amide bonds. The first kappa shape index (κ1) is 17.4. The van der Waals surface area contributed by atoms with Crippen LogP contribution in [0.4, 0.5) is 0 Å². The largest absolute Gasteiger partial charge is 0.491 e. The zero-order chi connectivity index (χ0) is 17.7. The number of amides is 1. The first-order valence-corrected chi connectivity index (χ1v) is 8.69. The standard InChI is InChI=1S/C20H24N2O3/c1-16-7-5-10-18(21-16)19(23)22-13-6-11-20(24,12-14-22)15-25-17-8-3-2-4-9-17/h2-5,7-10,24H,6,11-15H2,1H3. The number of aromatic nitrogens is 1. The van der Waals surface area contributed by atoms with Crippen molar-refractivity contribution in [3.05, 3.63) is 59.9 Å². The van der Waals surface area contributed by atoms with Gasteiger partial charge in [0, 0.05) is 18.8 Å². The van der Waals surface area contributed by atoms with Crippen molar-refractivity contribution in [1.29, 1.82) is 0 Å². The van der Waals surface area contributed by atoms with E-state index in [1.165, 1.54) is 0 Å². The normalized spacial score (nSPS) is 20.8. The van der Waals surface area contributed by atoms with Crippen LogP contribution >= 0.6 is 0 Å². The molecule has 1 atom stereocenters. The molecule has 1 aromatic carbocycles. The highest BCUT2D eigenvalue weighted by Crippen LogP contribution is 2.24. The van der Waals surface area contributed by atoms with Crippen LogP contribution in [0.3, 0.4) is 0 Å². The minimum atomic E-state index is -0.912. The number of likely N-dealkylation sites (tertiary alicyclic amines) is 1. The molecule has 2 heterocycles. The summed E-state index contributed by atoms with van der Waals surface area (Å²) in [5.41, 5.74) is 0.379. The average molecular weight is 340 g/mol. The Morgan fingerprint density at radius 1 is 1.16 bits per heavy atom. The van der Waals surface area contributed by atoms with Crippen molar-refractivity contribution in [2.75, 3.05) is 19.7 Å². The molecule has 1 aliphatic heterocycles. The van der Waals surface area contributed by atoms with Crippen LogP contribution in [0.15, 0.2) is 48.5 Å². The predicted octanol–water partition coefficient (Wildman–Crippen LogP) is 2.83. The summed E-state index contributed by atoms with van der Waals surface area (Å²) < 4.78 is 5.73. The number of hydrogen-bond acceptors (Lipinski definition) is 4. The van der Waals surface area contributed by atoms with E-state index in [0.717, 1.165) is 17.9 Å². The van der Waals surface area contributed by atoms with Crippen LogP contribution < -0.4 is 4.74 Å². The zero-order valence-electron chi connectivity index (χ0n) is 14.5. The van der Waals surface area contributed by atoms with Gasteiger partial charge < -0.3 is 14.7 Å². The molecule has 0 spiro atoms. The monoisotopic (exact) mass is 340 g/mol. The van der Waals surface area contributed by atoms with E-state index < -0.39 is 5.60 Å². The number of aryl methyl sites for hydroxylation is 1. The highest BCUT2D eigenvalue weighted by molar-refractivity contribution is 5.92. The van der Waals surface area contributed by atoms with Gasteiger partial charge in [0.2, 0.25) is 0 Å². The molecular formula is C20H24N2O3. The number of pyridine rings is 1. The quantitative estimate of drug-likeness (QED) is 0.930. The van der Waals surface area contributed by atoms with Gasteiger partial charge in [-0.3, -0.25) is 4.79 Å². The molecule has 1 aromatic heterocycles. The Bertz CT molecular complexity index is 720. The molecule has 132 valence electrons. The number of ether oxygens (including phenoxy) is 1. The first-order valence-electron chi connectivity index (χ1n) is 8.69. The van der Waals surface area contributed by atoms with E-state index >= 15 is 0 Å². The summed E-state index contributed by atoms with van der Waals surface area (Å²) in [6, 6.07) is 14.9. The fourth-order valence-corrected chi connectivity index (χ4v) is 3.08. The van der Waals surface area contributed by atoms with Crippen molar-refractivity contribution < 1.29 is 14.6 Å². The zero-order valence-corrected chi connectivity index (χ0v) is 14.5. The van der Waals surface area contributed by atoms with Crippen LogP contribution in [-0.4, -0.2) is 46.2 Å². The van der Waals surface area contributed by atoms with Gasteiger partial charge in [-0.05, 0) is 50.5 Å². The maximum Gasteiger partial charge on any atom is 0.272 e. The highest BCUT2D eigenvalue weighted by atomic mass is 16.5. The van der Waals surface area contributed by atoms with Crippen molar-refractivity contribution in [2.24, 2.45) is 0 Å². The lowest BCUT2D eigenvalue weighted by Gasteiger charge is -2.27. The van der Waals surface area contributed by atoms with Crippen molar-refractivity contribution in [2.45, 2.75) is 31.8 Å². The SMILES string of the molecule is Cc1cccc(C(=O)N2CCCC(O)(COc3ccccc3)CC2)n1. The molecular weight excluding hydrogens is 316 g/mol. The Kier molecular flexibility index (Phi) is 5.34. The highest BCUT2D eigenvalue weighted by Gasteiger charge is 2.32. The number of para-hydroxylation sites is 1. The third-order valence-electron chi connectivity index (χ3n) is 4.56. The minimum Gasteiger partial charge on any atom is -0.491 e. The van der Waals surface area contributed by atoms with Gasteiger partial charge in [0.1, 0.15) is 23.7 Å². The summed E-state index contributed by atoms with van der Waals surface area (Å²) in [7, 11) is 0. The van der Waals surface area contributed by atoms with Gasteiger partial charge in [-0.15, -0.1) is 0 Å². The maximum atomic E-state index is 12.6. The fourth-order valence-electron chi connectivity index (χ4n) is 3.08. The Balaban J connectivity index is 1.60.